The molecule has 0 fully saturated rings. The number of amides is 1. The number of carbonyl (C=O) groups excluding carboxylic acids is 1. The van der Waals surface area contributed by atoms with Gasteiger partial charge in [-0.1, -0.05) is 0 Å². The lowest BCUT2D eigenvalue weighted by molar-refractivity contribution is -0.402. The van der Waals surface area contributed by atoms with Crippen LogP contribution < -0.4 is 19.5 Å². The molecule has 162 valence electrons. The maximum Gasteiger partial charge on any atom is 0.433 e. The normalized spacial score (nSPS) is 10.9. The van der Waals surface area contributed by atoms with E-state index in [1.165, 1.54) is 44.6 Å². The first kappa shape index (κ1) is 21.5. The fraction of sp³-hybridized carbons (Fsp3) is 0.118. The van der Waals surface area contributed by atoms with Crippen molar-refractivity contribution < 1.29 is 32.0 Å². The molecule has 13 nitrogen and oxygen atoms in total. The van der Waals surface area contributed by atoms with Crippen LogP contribution in [0.15, 0.2) is 51.8 Å². The molecular formula is C17H15N5O8S. The second-order valence-corrected chi connectivity index (χ2v) is 7.44. The summed E-state index contributed by atoms with van der Waals surface area (Å²) in [5, 5.41) is 13.1. The molecule has 3 aromatic rings. The van der Waals surface area contributed by atoms with Crippen molar-refractivity contribution in [3.63, 3.8) is 0 Å². The Balaban J connectivity index is 1.74. The summed E-state index contributed by atoms with van der Waals surface area (Å²) in [4.78, 5) is 29.6. The van der Waals surface area contributed by atoms with Crippen molar-refractivity contribution in [3.05, 3.63) is 58.3 Å². The number of sulfonamides is 1. The topological polar surface area (TPSA) is 176 Å². The number of benzene rings is 1. The van der Waals surface area contributed by atoms with Gasteiger partial charge in [-0.05, 0) is 30.3 Å². The van der Waals surface area contributed by atoms with Crippen LogP contribution >= 0.6 is 0 Å². The summed E-state index contributed by atoms with van der Waals surface area (Å²) >= 11 is 0. The number of hydrogen-bond donors (Lipinski definition) is 2. The largest absolute Gasteiger partial charge is 0.481 e. The van der Waals surface area contributed by atoms with Gasteiger partial charge in [0.2, 0.25) is 5.88 Å². The molecule has 2 aromatic heterocycles. The second-order valence-electron chi connectivity index (χ2n) is 5.76. The number of ether oxygens (including phenoxy) is 2. The highest BCUT2D eigenvalue weighted by molar-refractivity contribution is 7.92. The summed E-state index contributed by atoms with van der Waals surface area (Å²) in [6.07, 6.45) is 0. The Labute approximate surface area is 175 Å². The SMILES string of the molecule is COc1cc(NS(=O)(=O)c2ccc(NC(=O)c3ccc([N+](=O)[O-])o3)cc2)nc(OC)n1. The summed E-state index contributed by atoms with van der Waals surface area (Å²) in [6, 6.07) is 8.56. The Morgan fingerprint density at radius 2 is 1.81 bits per heavy atom. The maximum absolute atomic E-state index is 12.6. The first-order valence-electron chi connectivity index (χ1n) is 8.37. The van der Waals surface area contributed by atoms with Crippen molar-refractivity contribution in [1.29, 1.82) is 0 Å². The van der Waals surface area contributed by atoms with Gasteiger partial charge in [0, 0.05) is 11.8 Å². The first-order chi connectivity index (χ1) is 14.7. The van der Waals surface area contributed by atoms with Gasteiger partial charge in [0.25, 0.3) is 15.9 Å². The number of furan rings is 1. The van der Waals surface area contributed by atoms with Gasteiger partial charge in [-0.15, -0.1) is 0 Å². The van der Waals surface area contributed by atoms with Crippen LogP contribution in [0.4, 0.5) is 17.4 Å². The van der Waals surface area contributed by atoms with Crippen LogP contribution in [0, 0.1) is 10.1 Å². The molecule has 0 saturated heterocycles. The minimum Gasteiger partial charge on any atom is -0.481 e. The minimum atomic E-state index is -4.02. The van der Waals surface area contributed by atoms with Crippen molar-refractivity contribution in [3.8, 4) is 11.9 Å². The fourth-order valence-corrected chi connectivity index (χ4v) is 3.30. The van der Waals surface area contributed by atoms with Gasteiger partial charge in [0.05, 0.1) is 25.2 Å². The lowest BCUT2D eigenvalue weighted by Gasteiger charge is -2.10. The van der Waals surface area contributed by atoms with E-state index in [9.17, 15) is 23.3 Å². The molecule has 0 radical (unpaired) electrons. The molecule has 0 aliphatic rings. The number of nitro groups is 1. The summed E-state index contributed by atoms with van der Waals surface area (Å²) in [5.41, 5.74) is 0.244. The van der Waals surface area contributed by atoms with Gasteiger partial charge in [0.15, 0.2) is 11.6 Å². The van der Waals surface area contributed by atoms with E-state index >= 15 is 0 Å². The number of carbonyl (C=O) groups is 1. The number of nitrogens with zero attached hydrogens (tertiary/aromatic N) is 3. The van der Waals surface area contributed by atoms with Crippen molar-refractivity contribution in [2.24, 2.45) is 0 Å². The van der Waals surface area contributed by atoms with Crippen molar-refractivity contribution in [2.45, 2.75) is 4.90 Å². The molecule has 0 aliphatic carbocycles. The van der Waals surface area contributed by atoms with E-state index in [1.54, 1.807) is 0 Å². The van der Waals surface area contributed by atoms with Crippen LogP contribution in [0.1, 0.15) is 10.6 Å². The monoisotopic (exact) mass is 449 g/mol. The highest BCUT2D eigenvalue weighted by atomic mass is 32.2. The van der Waals surface area contributed by atoms with Crippen LogP contribution in [0.5, 0.6) is 11.9 Å². The molecule has 0 saturated carbocycles. The highest BCUT2D eigenvalue weighted by Gasteiger charge is 2.19. The maximum atomic E-state index is 12.6. The van der Waals surface area contributed by atoms with Crippen LogP contribution in [-0.2, 0) is 10.0 Å². The van der Waals surface area contributed by atoms with E-state index in [0.717, 1.165) is 12.1 Å². The molecule has 0 aliphatic heterocycles. The zero-order chi connectivity index (χ0) is 22.6. The van der Waals surface area contributed by atoms with Crippen LogP contribution in [-0.4, -0.2) is 43.4 Å². The van der Waals surface area contributed by atoms with Crippen molar-refractivity contribution in [1.82, 2.24) is 9.97 Å². The van der Waals surface area contributed by atoms with Gasteiger partial charge in [-0.2, -0.15) is 9.97 Å². The third-order valence-electron chi connectivity index (χ3n) is 3.73. The first-order valence-corrected chi connectivity index (χ1v) is 9.85. The highest BCUT2D eigenvalue weighted by Crippen LogP contribution is 2.22. The van der Waals surface area contributed by atoms with Gasteiger partial charge in [-0.25, -0.2) is 8.42 Å². The van der Waals surface area contributed by atoms with E-state index < -0.39 is 26.7 Å². The number of methoxy groups -OCH3 is 2. The number of nitrogens with one attached hydrogen (secondary N) is 2. The summed E-state index contributed by atoms with van der Waals surface area (Å²) in [7, 11) is -1.35. The van der Waals surface area contributed by atoms with Crippen LogP contribution in [0.3, 0.4) is 0 Å². The smallest absolute Gasteiger partial charge is 0.433 e. The van der Waals surface area contributed by atoms with Crippen LogP contribution in [0.25, 0.3) is 0 Å². The Bertz CT molecular complexity index is 1200. The Kier molecular flexibility index (Phi) is 6.01. The molecule has 3 rings (SSSR count). The average molecular weight is 449 g/mol. The number of anilines is 2. The average Bonchev–Trinajstić information content (AvgIpc) is 3.24. The summed E-state index contributed by atoms with van der Waals surface area (Å²) in [5.74, 6) is -1.55. The van der Waals surface area contributed by atoms with Gasteiger partial charge < -0.3 is 19.2 Å². The van der Waals surface area contributed by atoms with Gasteiger partial charge >= 0.3 is 11.9 Å². The predicted molar refractivity (Wildman–Crippen MR) is 106 cm³/mol. The van der Waals surface area contributed by atoms with E-state index in [-0.39, 0.29) is 34.1 Å². The Morgan fingerprint density at radius 1 is 1.10 bits per heavy atom. The third kappa shape index (κ3) is 5.05. The number of aromatic nitrogens is 2. The molecule has 2 N–H and O–H groups in total. The van der Waals surface area contributed by atoms with E-state index in [4.69, 9.17) is 13.9 Å². The van der Waals surface area contributed by atoms with Crippen molar-refractivity contribution in [2.75, 3.05) is 24.3 Å². The van der Waals surface area contributed by atoms with Gasteiger partial charge in [0.1, 0.15) is 4.92 Å². The van der Waals surface area contributed by atoms with Crippen LogP contribution in [0.2, 0.25) is 0 Å². The molecule has 1 aromatic carbocycles. The molecular weight excluding hydrogens is 434 g/mol. The molecule has 31 heavy (non-hydrogen) atoms. The van der Waals surface area contributed by atoms with Gasteiger partial charge in [-0.3, -0.25) is 19.6 Å². The Hall–Kier alpha value is -4.20. The van der Waals surface area contributed by atoms with E-state index in [0.29, 0.717) is 0 Å². The molecule has 0 spiro atoms. The van der Waals surface area contributed by atoms with E-state index in [2.05, 4.69) is 20.0 Å². The molecule has 0 unspecified atom stereocenters. The second kappa shape index (κ2) is 8.66. The Morgan fingerprint density at radius 3 is 2.39 bits per heavy atom. The standard InChI is InChI=1S/C17H15N5O8S/c1-28-14-9-13(19-17(20-14)29-2)21-31(26,27)11-5-3-10(4-6-11)18-16(23)12-7-8-15(30-12)22(24)25/h3-9H,1-2H3,(H,18,23)(H,19,20,21). The summed E-state index contributed by atoms with van der Waals surface area (Å²) in [6.45, 7) is 0. The summed E-state index contributed by atoms with van der Waals surface area (Å²) < 4.78 is 42.2. The third-order valence-corrected chi connectivity index (χ3v) is 5.10. The molecule has 0 bridgehead atoms. The number of rotatable bonds is 8. The van der Waals surface area contributed by atoms with E-state index in [1.807, 2.05) is 0 Å². The lowest BCUT2D eigenvalue weighted by atomic mass is 10.3. The molecule has 1 amide bonds. The zero-order valence-corrected chi connectivity index (χ0v) is 16.9. The minimum absolute atomic E-state index is 0.0690. The molecule has 0 atom stereocenters. The quantitative estimate of drug-likeness (QED) is 0.382. The lowest BCUT2D eigenvalue weighted by Crippen LogP contribution is -2.15. The molecule has 2 heterocycles. The van der Waals surface area contributed by atoms with Crippen molar-refractivity contribution >= 4 is 33.3 Å². The molecule has 14 heteroatoms. The number of hydrogen-bond acceptors (Lipinski definition) is 10. The predicted octanol–water partition coefficient (Wildman–Crippen LogP) is 2.05. The fourth-order valence-electron chi connectivity index (χ4n) is 2.31. The zero-order valence-electron chi connectivity index (χ0n) is 16.1.